The van der Waals surface area contributed by atoms with Crippen LogP contribution >= 0.6 is 0 Å². The highest BCUT2D eigenvalue weighted by Crippen LogP contribution is 2.30. The van der Waals surface area contributed by atoms with E-state index in [9.17, 15) is 9.59 Å². The fourth-order valence-electron chi connectivity index (χ4n) is 2.11. The number of β-lactam (4-membered cyclic amide) rings is 1. The van der Waals surface area contributed by atoms with E-state index in [1.807, 2.05) is 27.7 Å². The summed E-state index contributed by atoms with van der Waals surface area (Å²) in [7, 11) is 1.58. The lowest BCUT2D eigenvalue weighted by molar-refractivity contribution is -0.176. The number of ether oxygens (including phenoxy) is 3. The monoisotopic (exact) mass is 299 g/mol. The Balaban J connectivity index is 2.62. The lowest BCUT2D eigenvalue weighted by Crippen LogP contribution is -2.69. The van der Waals surface area contributed by atoms with E-state index in [0.717, 1.165) is 4.90 Å². The molecule has 1 aliphatic rings. The lowest BCUT2D eigenvalue weighted by Gasteiger charge is -2.46. The van der Waals surface area contributed by atoms with Crippen LogP contribution in [0.2, 0.25) is 0 Å². The van der Waals surface area contributed by atoms with Crippen LogP contribution in [0.4, 0.5) is 4.79 Å². The van der Waals surface area contributed by atoms with Crippen LogP contribution in [0.5, 0.6) is 0 Å². The number of likely N-dealkylation sites (tertiary alicyclic amines) is 1. The van der Waals surface area contributed by atoms with E-state index >= 15 is 0 Å². The average molecular weight is 299 g/mol. The number of nitrogens with zero attached hydrogens (tertiary/aromatic N) is 1. The number of carbonyl (C=O) groups excluding carboxylic acids is 2. The van der Waals surface area contributed by atoms with Gasteiger partial charge in [0, 0.05) is 7.11 Å². The Bertz CT molecular complexity index is 394. The minimum absolute atomic E-state index is 0.0960. The molecule has 0 aromatic carbocycles. The molecular formula is C15H25NO5. The first-order valence-corrected chi connectivity index (χ1v) is 7.19. The maximum absolute atomic E-state index is 12.1. The molecule has 1 fully saturated rings. The minimum Gasteiger partial charge on any atom is -0.445 e. The first-order chi connectivity index (χ1) is 9.93. The van der Waals surface area contributed by atoms with Gasteiger partial charge < -0.3 is 14.2 Å². The number of methoxy groups -OCH3 is 1. The number of imide groups is 1. The molecule has 0 radical (unpaired) electrons. The summed E-state index contributed by atoms with van der Waals surface area (Å²) < 4.78 is 15.7. The van der Waals surface area contributed by atoms with E-state index in [2.05, 4.69) is 0 Å². The summed E-state index contributed by atoms with van der Waals surface area (Å²) in [4.78, 5) is 25.2. The molecule has 0 spiro atoms. The molecule has 6 heteroatoms. The summed E-state index contributed by atoms with van der Waals surface area (Å²) in [6.45, 7) is 8.06. The fraction of sp³-hybridized carbons (Fsp3) is 0.733. The van der Waals surface area contributed by atoms with Crippen molar-refractivity contribution in [3.05, 3.63) is 12.2 Å². The third-order valence-corrected chi connectivity index (χ3v) is 3.42. The standard InChI is InChI=1S/C15H25NO5/c1-6-7-8-20-15(18)16-12(10(2)3)13(14(16)17)21-9-11(4)19-5/h6-7,10-13H,8-9H2,1-5H3/b7-6+. The summed E-state index contributed by atoms with van der Waals surface area (Å²) >= 11 is 0. The largest absolute Gasteiger partial charge is 0.445 e. The number of hydrogen-bond donors (Lipinski definition) is 0. The van der Waals surface area contributed by atoms with Gasteiger partial charge in [0.2, 0.25) is 0 Å². The molecular weight excluding hydrogens is 274 g/mol. The number of rotatable bonds is 7. The Labute approximate surface area is 126 Å². The van der Waals surface area contributed by atoms with Crippen molar-refractivity contribution in [1.82, 2.24) is 4.90 Å². The van der Waals surface area contributed by atoms with Crippen LogP contribution in [0, 0.1) is 5.92 Å². The van der Waals surface area contributed by atoms with Crippen molar-refractivity contribution < 1.29 is 23.8 Å². The van der Waals surface area contributed by atoms with Gasteiger partial charge in [0.1, 0.15) is 6.61 Å². The first kappa shape index (κ1) is 17.7. The van der Waals surface area contributed by atoms with E-state index in [-0.39, 0.29) is 30.6 Å². The van der Waals surface area contributed by atoms with E-state index in [0.29, 0.717) is 6.61 Å². The molecule has 6 nitrogen and oxygen atoms in total. The molecule has 2 amide bonds. The Morgan fingerprint density at radius 3 is 2.57 bits per heavy atom. The van der Waals surface area contributed by atoms with E-state index in [4.69, 9.17) is 14.2 Å². The van der Waals surface area contributed by atoms with Crippen LogP contribution in [0.3, 0.4) is 0 Å². The quantitative estimate of drug-likeness (QED) is 0.531. The number of allylic oxidation sites excluding steroid dienone is 1. The lowest BCUT2D eigenvalue weighted by atomic mass is 9.88. The summed E-state index contributed by atoms with van der Waals surface area (Å²) in [5.41, 5.74) is 0. The second kappa shape index (κ2) is 8.14. The molecule has 3 atom stereocenters. The molecule has 0 saturated carbocycles. The van der Waals surface area contributed by atoms with Gasteiger partial charge in [0.05, 0.1) is 18.8 Å². The molecule has 0 bridgehead atoms. The van der Waals surface area contributed by atoms with Crippen LogP contribution in [-0.4, -0.2) is 55.5 Å². The maximum atomic E-state index is 12.1. The van der Waals surface area contributed by atoms with Gasteiger partial charge in [-0.2, -0.15) is 0 Å². The van der Waals surface area contributed by atoms with Gasteiger partial charge in [-0.1, -0.05) is 26.0 Å². The van der Waals surface area contributed by atoms with Crippen LogP contribution < -0.4 is 0 Å². The Kier molecular flexibility index (Phi) is 6.84. The van der Waals surface area contributed by atoms with Crippen molar-refractivity contribution in [3.8, 4) is 0 Å². The number of hydrogen-bond acceptors (Lipinski definition) is 5. The summed E-state index contributed by atoms with van der Waals surface area (Å²) in [6.07, 6.45) is 2.18. The Morgan fingerprint density at radius 1 is 1.38 bits per heavy atom. The predicted molar refractivity (Wildman–Crippen MR) is 77.8 cm³/mol. The molecule has 1 rings (SSSR count). The normalized spacial score (nSPS) is 23.5. The van der Waals surface area contributed by atoms with Gasteiger partial charge in [0.25, 0.3) is 5.91 Å². The molecule has 0 aromatic heterocycles. The Morgan fingerprint density at radius 2 is 2.05 bits per heavy atom. The van der Waals surface area contributed by atoms with Crippen molar-refractivity contribution in [3.63, 3.8) is 0 Å². The zero-order valence-corrected chi connectivity index (χ0v) is 13.4. The summed E-state index contributed by atoms with van der Waals surface area (Å²) in [6, 6.07) is -0.292. The van der Waals surface area contributed by atoms with Gasteiger partial charge in [0.15, 0.2) is 6.10 Å². The SMILES string of the molecule is C/C=C/COC(=O)N1C(=O)C(OCC(C)OC)C1C(C)C. The summed E-state index contributed by atoms with van der Waals surface area (Å²) in [5, 5.41) is 0. The van der Waals surface area contributed by atoms with Gasteiger partial charge in [-0.25, -0.2) is 9.69 Å². The molecule has 120 valence electrons. The maximum Gasteiger partial charge on any atom is 0.417 e. The van der Waals surface area contributed by atoms with Crippen molar-refractivity contribution in [2.75, 3.05) is 20.3 Å². The van der Waals surface area contributed by atoms with Crippen molar-refractivity contribution >= 4 is 12.0 Å². The topological polar surface area (TPSA) is 65.1 Å². The number of carbonyl (C=O) groups is 2. The molecule has 3 unspecified atom stereocenters. The highest BCUT2D eigenvalue weighted by Gasteiger charge is 2.53. The zero-order valence-electron chi connectivity index (χ0n) is 13.4. The molecule has 0 aromatic rings. The van der Waals surface area contributed by atoms with Crippen molar-refractivity contribution in [2.24, 2.45) is 5.92 Å². The summed E-state index contributed by atoms with van der Waals surface area (Å²) in [5.74, 6) is -0.248. The van der Waals surface area contributed by atoms with E-state index < -0.39 is 12.2 Å². The third kappa shape index (κ3) is 4.28. The minimum atomic E-state index is -0.614. The smallest absolute Gasteiger partial charge is 0.417 e. The van der Waals surface area contributed by atoms with Crippen molar-refractivity contribution in [2.45, 2.75) is 45.9 Å². The van der Waals surface area contributed by atoms with Gasteiger partial charge in [-0.05, 0) is 19.8 Å². The molecule has 1 saturated heterocycles. The van der Waals surface area contributed by atoms with Crippen LogP contribution in [0.1, 0.15) is 27.7 Å². The van der Waals surface area contributed by atoms with Crippen LogP contribution in [-0.2, 0) is 19.0 Å². The molecule has 1 heterocycles. The Hall–Kier alpha value is -1.40. The van der Waals surface area contributed by atoms with Crippen LogP contribution in [0.25, 0.3) is 0 Å². The van der Waals surface area contributed by atoms with Crippen molar-refractivity contribution in [1.29, 1.82) is 0 Å². The zero-order chi connectivity index (χ0) is 16.0. The van der Waals surface area contributed by atoms with Gasteiger partial charge >= 0.3 is 6.09 Å². The molecule has 0 aliphatic carbocycles. The predicted octanol–water partition coefficient (Wildman–Crippen LogP) is 1.99. The average Bonchev–Trinajstić information content (AvgIpc) is 2.44. The third-order valence-electron chi connectivity index (χ3n) is 3.42. The van der Waals surface area contributed by atoms with E-state index in [1.165, 1.54) is 0 Å². The first-order valence-electron chi connectivity index (χ1n) is 7.19. The highest BCUT2D eigenvalue weighted by molar-refractivity contribution is 6.01. The molecule has 1 aliphatic heterocycles. The van der Waals surface area contributed by atoms with Gasteiger partial charge in [-0.15, -0.1) is 0 Å². The highest BCUT2D eigenvalue weighted by atomic mass is 16.6. The van der Waals surface area contributed by atoms with Crippen LogP contribution in [0.15, 0.2) is 12.2 Å². The second-order valence-electron chi connectivity index (χ2n) is 5.39. The number of amides is 2. The molecule has 0 N–H and O–H groups in total. The van der Waals surface area contributed by atoms with E-state index in [1.54, 1.807) is 19.3 Å². The molecule has 21 heavy (non-hydrogen) atoms. The van der Waals surface area contributed by atoms with Gasteiger partial charge in [-0.3, -0.25) is 4.79 Å². The fourth-order valence-corrected chi connectivity index (χ4v) is 2.11. The second-order valence-corrected chi connectivity index (χ2v) is 5.39.